The number of hydrogen-bond donors (Lipinski definition) is 2. The summed E-state index contributed by atoms with van der Waals surface area (Å²) in [7, 11) is 2.44. The first-order valence-corrected chi connectivity index (χ1v) is 8.25. The molecule has 0 saturated carbocycles. The highest BCUT2D eigenvalue weighted by Crippen LogP contribution is 2.32. The number of hydrogen-bond acceptors (Lipinski definition) is 6. The average Bonchev–Trinajstić information content (AvgIpc) is 2.69. The standard InChI is InChI=1S/C20H17FN2O5/c1-27-20(26)16-9-15(19(25)23-28-2)14-8-12(10-22-17(14)18(16)24)7-11-3-5-13(21)6-4-11/h3-6,8-10,24H,7H2,1-2H3,(H,23,25). The van der Waals surface area contributed by atoms with Crippen molar-refractivity contribution in [3.05, 3.63) is 70.7 Å². The number of hydroxylamine groups is 1. The molecule has 0 saturated heterocycles. The third-order valence-corrected chi connectivity index (χ3v) is 4.17. The van der Waals surface area contributed by atoms with Gasteiger partial charge in [-0.15, -0.1) is 0 Å². The molecule has 7 nitrogen and oxygen atoms in total. The summed E-state index contributed by atoms with van der Waals surface area (Å²) in [5.74, 6) is -2.13. The second-order valence-corrected chi connectivity index (χ2v) is 5.99. The van der Waals surface area contributed by atoms with Gasteiger partial charge in [-0.1, -0.05) is 12.1 Å². The summed E-state index contributed by atoms with van der Waals surface area (Å²) in [6.45, 7) is 0. The molecule has 2 N–H and O–H groups in total. The van der Waals surface area contributed by atoms with Crippen molar-refractivity contribution >= 4 is 22.8 Å². The number of pyridine rings is 1. The van der Waals surface area contributed by atoms with Crippen LogP contribution in [-0.2, 0) is 16.0 Å². The van der Waals surface area contributed by atoms with Crippen LogP contribution in [0.3, 0.4) is 0 Å². The number of rotatable bonds is 5. The Bertz CT molecular complexity index is 1050. The van der Waals surface area contributed by atoms with E-state index in [4.69, 9.17) is 0 Å². The highest BCUT2D eigenvalue weighted by Gasteiger charge is 2.22. The largest absolute Gasteiger partial charge is 0.505 e. The lowest BCUT2D eigenvalue weighted by Gasteiger charge is -2.12. The predicted molar refractivity (Wildman–Crippen MR) is 98.4 cm³/mol. The van der Waals surface area contributed by atoms with E-state index < -0.39 is 11.9 Å². The Kier molecular flexibility index (Phi) is 5.51. The zero-order valence-electron chi connectivity index (χ0n) is 15.2. The molecule has 0 spiro atoms. The Morgan fingerprint density at radius 1 is 1.11 bits per heavy atom. The van der Waals surface area contributed by atoms with Crippen LogP contribution in [0.15, 0.2) is 42.6 Å². The number of carbonyl (C=O) groups is 2. The highest BCUT2D eigenvalue weighted by molar-refractivity contribution is 6.11. The van der Waals surface area contributed by atoms with Crippen LogP contribution in [0.4, 0.5) is 4.39 Å². The lowest BCUT2D eigenvalue weighted by molar-refractivity contribution is 0.0539. The number of amides is 1. The van der Waals surface area contributed by atoms with Gasteiger partial charge >= 0.3 is 5.97 Å². The number of fused-ring (bicyclic) bond motifs is 1. The number of aromatic nitrogens is 1. The zero-order valence-corrected chi connectivity index (χ0v) is 15.2. The van der Waals surface area contributed by atoms with Gasteiger partial charge in [0.1, 0.15) is 16.9 Å². The number of phenols is 1. The van der Waals surface area contributed by atoms with Gasteiger partial charge in [-0.2, -0.15) is 0 Å². The molecular formula is C20H17FN2O5. The molecule has 0 aliphatic rings. The Balaban J connectivity index is 2.14. The number of carbonyl (C=O) groups excluding carboxylic acids is 2. The van der Waals surface area contributed by atoms with Gasteiger partial charge in [0.2, 0.25) is 0 Å². The van der Waals surface area contributed by atoms with Crippen molar-refractivity contribution in [1.29, 1.82) is 0 Å². The van der Waals surface area contributed by atoms with Crippen LogP contribution >= 0.6 is 0 Å². The molecular weight excluding hydrogens is 367 g/mol. The van der Waals surface area contributed by atoms with Gasteiger partial charge in [-0.3, -0.25) is 14.6 Å². The molecule has 1 heterocycles. The summed E-state index contributed by atoms with van der Waals surface area (Å²) in [6, 6.07) is 8.91. The van der Waals surface area contributed by atoms with Gasteiger partial charge in [0.25, 0.3) is 5.91 Å². The van der Waals surface area contributed by atoms with E-state index in [1.807, 2.05) is 0 Å². The van der Waals surface area contributed by atoms with Crippen LogP contribution in [0.1, 0.15) is 31.8 Å². The highest BCUT2D eigenvalue weighted by atomic mass is 19.1. The molecule has 0 aliphatic heterocycles. The van der Waals surface area contributed by atoms with E-state index in [2.05, 4.69) is 20.0 Å². The van der Waals surface area contributed by atoms with E-state index in [0.717, 1.165) is 11.1 Å². The van der Waals surface area contributed by atoms with Crippen LogP contribution in [0.25, 0.3) is 10.9 Å². The minimum absolute atomic E-state index is 0.0759. The first kappa shape index (κ1) is 19.2. The molecule has 28 heavy (non-hydrogen) atoms. The minimum atomic E-state index is -0.803. The van der Waals surface area contributed by atoms with Gasteiger partial charge in [0.05, 0.1) is 19.8 Å². The molecule has 0 fully saturated rings. The van der Waals surface area contributed by atoms with E-state index in [9.17, 15) is 19.1 Å². The van der Waals surface area contributed by atoms with Crippen molar-refractivity contribution in [3.63, 3.8) is 0 Å². The predicted octanol–water partition coefficient (Wildman–Crippen LogP) is 2.75. The molecule has 3 rings (SSSR count). The number of benzene rings is 2. The summed E-state index contributed by atoms with van der Waals surface area (Å²) in [5, 5.41) is 10.8. The van der Waals surface area contributed by atoms with Gasteiger partial charge in [0.15, 0.2) is 5.75 Å². The average molecular weight is 384 g/mol. The van der Waals surface area contributed by atoms with E-state index >= 15 is 0 Å². The van der Waals surface area contributed by atoms with Gasteiger partial charge < -0.3 is 9.84 Å². The smallest absolute Gasteiger partial charge is 0.341 e. The number of methoxy groups -OCH3 is 1. The topological polar surface area (TPSA) is 97.8 Å². The molecule has 1 aromatic heterocycles. The summed E-state index contributed by atoms with van der Waals surface area (Å²) in [5.41, 5.74) is 3.75. The van der Waals surface area contributed by atoms with Crippen LogP contribution in [0.2, 0.25) is 0 Å². The van der Waals surface area contributed by atoms with Gasteiger partial charge in [-0.25, -0.2) is 14.7 Å². The number of phenolic OH excluding ortho intramolecular Hbond substituents is 1. The fourth-order valence-electron chi connectivity index (χ4n) is 2.86. The zero-order chi connectivity index (χ0) is 20.3. The molecule has 0 unspecified atom stereocenters. The van der Waals surface area contributed by atoms with Crippen molar-refractivity contribution < 1.29 is 28.7 Å². The fraction of sp³-hybridized carbons (Fsp3) is 0.150. The van der Waals surface area contributed by atoms with E-state index in [-0.39, 0.29) is 28.2 Å². The Labute approximate surface area is 159 Å². The number of ether oxygens (including phenoxy) is 1. The Morgan fingerprint density at radius 2 is 1.82 bits per heavy atom. The number of halogens is 1. The van der Waals surface area contributed by atoms with Gasteiger partial charge in [-0.05, 0) is 41.8 Å². The third-order valence-electron chi connectivity index (χ3n) is 4.17. The molecule has 3 aromatic rings. The van der Waals surface area contributed by atoms with Crippen molar-refractivity contribution in [1.82, 2.24) is 10.5 Å². The maximum Gasteiger partial charge on any atom is 0.341 e. The number of esters is 1. The van der Waals surface area contributed by atoms with Crippen molar-refractivity contribution in [2.45, 2.75) is 6.42 Å². The van der Waals surface area contributed by atoms with E-state index in [1.165, 1.54) is 38.6 Å². The molecule has 1 amide bonds. The normalized spacial score (nSPS) is 10.7. The first-order chi connectivity index (χ1) is 13.4. The molecule has 0 aliphatic carbocycles. The van der Waals surface area contributed by atoms with Crippen molar-refractivity contribution in [2.75, 3.05) is 14.2 Å². The molecule has 0 atom stereocenters. The molecule has 144 valence electrons. The monoisotopic (exact) mass is 384 g/mol. The van der Waals surface area contributed by atoms with Crippen LogP contribution in [0, 0.1) is 5.82 Å². The maximum atomic E-state index is 13.1. The van der Waals surface area contributed by atoms with E-state index in [0.29, 0.717) is 11.8 Å². The van der Waals surface area contributed by atoms with Crippen LogP contribution in [0.5, 0.6) is 5.75 Å². The summed E-state index contributed by atoms with van der Waals surface area (Å²) in [6.07, 6.45) is 1.96. The minimum Gasteiger partial charge on any atom is -0.505 e. The lowest BCUT2D eigenvalue weighted by Crippen LogP contribution is -2.22. The summed E-state index contributed by atoms with van der Waals surface area (Å²) >= 11 is 0. The number of nitrogens with zero attached hydrogens (tertiary/aromatic N) is 1. The maximum absolute atomic E-state index is 13.1. The summed E-state index contributed by atoms with van der Waals surface area (Å²) in [4.78, 5) is 33.2. The van der Waals surface area contributed by atoms with Gasteiger partial charge in [0, 0.05) is 11.6 Å². The van der Waals surface area contributed by atoms with Crippen molar-refractivity contribution in [2.24, 2.45) is 0 Å². The van der Waals surface area contributed by atoms with Crippen molar-refractivity contribution in [3.8, 4) is 5.75 Å². The summed E-state index contributed by atoms with van der Waals surface area (Å²) < 4.78 is 17.7. The third kappa shape index (κ3) is 3.77. The second kappa shape index (κ2) is 8.01. The molecule has 0 bridgehead atoms. The molecule has 0 radical (unpaired) electrons. The van der Waals surface area contributed by atoms with Crippen LogP contribution in [-0.4, -0.2) is 36.2 Å². The SMILES string of the molecule is CONC(=O)c1cc(C(=O)OC)c(O)c2ncc(Cc3ccc(F)cc3)cc12. The van der Waals surface area contributed by atoms with E-state index in [1.54, 1.807) is 18.2 Å². The quantitative estimate of drug-likeness (QED) is 0.519. The first-order valence-electron chi connectivity index (χ1n) is 8.25. The fourth-order valence-corrected chi connectivity index (χ4v) is 2.86. The molecule has 8 heteroatoms. The Morgan fingerprint density at radius 3 is 2.46 bits per heavy atom. The molecule has 2 aromatic carbocycles. The number of nitrogens with one attached hydrogen (secondary N) is 1. The lowest BCUT2D eigenvalue weighted by atomic mass is 9.99. The Hall–Kier alpha value is -3.52. The number of aromatic hydroxyl groups is 1. The van der Waals surface area contributed by atoms with Crippen LogP contribution < -0.4 is 5.48 Å². The second-order valence-electron chi connectivity index (χ2n) is 5.99.